The maximum absolute atomic E-state index is 11.7. The fourth-order valence-electron chi connectivity index (χ4n) is 6.62. The number of allylic oxidation sites excluding steroid dienone is 2. The zero-order valence-electron chi connectivity index (χ0n) is 29.0. The monoisotopic (exact) mass is 820 g/mol. The van der Waals surface area contributed by atoms with Crippen LogP contribution in [0.15, 0.2) is 89.2 Å². The van der Waals surface area contributed by atoms with Gasteiger partial charge in [0.15, 0.2) is 5.78 Å². The molecule has 3 aromatic heterocycles. The first-order chi connectivity index (χ1) is 22.7. The maximum Gasteiger partial charge on any atom is 0.216 e. The molecule has 0 amide bonds. The van der Waals surface area contributed by atoms with E-state index >= 15 is 0 Å². The summed E-state index contributed by atoms with van der Waals surface area (Å²) in [6.45, 7) is 12.6. The molecular weight excluding hydrogens is 773 g/mol. The van der Waals surface area contributed by atoms with Crippen LogP contribution in [0.4, 0.5) is 0 Å². The van der Waals surface area contributed by atoms with Crippen LogP contribution >= 0.6 is 0 Å². The van der Waals surface area contributed by atoms with Gasteiger partial charge in [-0.1, -0.05) is 77.3 Å². The third kappa shape index (κ3) is 7.51. The molecule has 0 bridgehead atoms. The van der Waals surface area contributed by atoms with Gasteiger partial charge in [-0.05, 0) is 84.2 Å². The van der Waals surface area contributed by atoms with Crippen molar-refractivity contribution in [3.8, 4) is 11.3 Å². The van der Waals surface area contributed by atoms with Gasteiger partial charge < -0.3 is 14.1 Å². The zero-order valence-corrected chi connectivity index (χ0v) is 31.4. The fourth-order valence-corrected chi connectivity index (χ4v) is 6.62. The van der Waals surface area contributed by atoms with E-state index < -0.39 is 0 Å². The molecule has 1 radical (unpaired) electrons. The molecule has 0 atom stereocenters. The molecule has 3 aromatic carbocycles. The van der Waals surface area contributed by atoms with Crippen LogP contribution in [0, 0.1) is 30.9 Å². The smallest absolute Gasteiger partial charge is 0.216 e. The third-order valence-corrected chi connectivity index (χ3v) is 9.30. The number of aromatic nitrogens is 2. The number of aliphatic hydroxyl groups excluding tert-OH is 1. The number of pyridine rings is 2. The fraction of sp³-hybridized carbons (Fsp3) is 0.333. The Hall–Kier alpha value is -3.99. The molecule has 0 saturated heterocycles. The van der Waals surface area contributed by atoms with Gasteiger partial charge in [0.05, 0.1) is 11.3 Å². The molecule has 0 aliphatic rings. The van der Waals surface area contributed by atoms with Gasteiger partial charge in [-0.25, -0.2) is 4.98 Å². The van der Waals surface area contributed by atoms with E-state index in [1.165, 1.54) is 27.8 Å². The average molecular weight is 820 g/mol. The number of hydrogen-bond donors (Lipinski definition) is 1. The van der Waals surface area contributed by atoms with E-state index in [0.717, 1.165) is 65.2 Å². The molecule has 0 unspecified atom stereocenters. The van der Waals surface area contributed by atoms with Crippen molar-refractivity contribution < 1.29 is 39.0 Å². The quantitative estimate of drug-likeness (QED) is 0.0492. The molecule has 0 fully saturated rings. The van der Waals surface area contributed by atoms with Gasteiger partial charge in [-0.15, -0.1) is 18.2 Å². The number of carbonyl (C=O) groups is 1. The van der Waals surface area contributed by atoms with Crippen molar-refractivity contribution in [2.45, 2.75) is 73.6 Å². The van der Waals surface area contributed by atoms with E-state index in [1.54, 1.807) is 6.20 Å². The second-order valence-corrected chi connectivity index (χ2v) is 12.8. The van der Waals surface area contributed by atoms with Crippen LogP contribution in [0.25, 0.3) is 55.0 Å². The number of furan rings is 1. The van der Waals surface area contributed by atoms with Crippen molar-refractivity contribution in [1.82, 2.24) is 4.98 Å². The van der Waals surface area contributed by atoms with E-state index in [2.05, 4.69) is 74.4 Å². The van der Waals surface area contributed by atoms with Crippen molar-refractivity contribution in [1.29, 1.82) is 0 Å². The minimum Gasteiger partial charge on any atom is -0.512 e. The maximum atomic E-state index is 11.7. The number of carbonyl (C=O) groups excluding carboxylic acids is 1. The molecule has 48 heavy (non-hydrogen) atoms. The van der Waals surface area contributed by atoms with E-state index in [9.17, 15) is 9.90 Å². The molecule has 5 nitrogen and oxygen atoms in total. The third-order valence-electron chi connectivity index (χ3n) is 9.30. The molecule has 253 valence electrons. The Kier molecular flexibility index (Phi) is 12.6. The largest absolute Gasteiger partial charge is 0.512 e. The summed E-state index contributed by atoms with van der Waals surface area (Å²) in [6.07, 6.45) is 7.65. The second-order valence-electron chi connectivity index (χ2n) is 12.8. The van der Waals surface area contributed by atoms with Crippen LogP contribution in [0.3, 0.4) is 0 Å². The molecule has 6 aromatic rings. The average Bonchev–Trinajstić information content (AvgIpc) is 3.46. The first kappa shape index (κ1) is 36.8. The molecule has 6 heteroatoms. The van der Waals surface area contributed by atoms with Gasteiger partial charge in [0.25, 0.3) is 0 Å². The molecule has 6 rings (SSSR count). The minimum atomic E-state index is 0. The Bertz CT molecular complexity index is 2050. The Labute approximate surface area is 298 Å². The number of aliphatic hydroxyl groups is 1. The summed E-state index contributed by atoms with van der Waals surface area (Å²) in [4.78, 5) is 16.1. The molecule has 0 spiro atoms. The van der Waals surface area contributed by atoms with E-state index in [4.69, 9.17) is 4.42 Å². The summed E-state index contributed by atoms with van der Waals surface area (Å²) < 4.78 is 8.24. The summed E-state index contributed by atoms with van der Waals surface area (Å²) >= 11 is 0. The van der Waals surface area contributed by atoms with Crippen LogP contribution in [0.2, 0.25) is 0 Å². The SMILES string of the molecule is CCC(CC)C(=O)/C=C(\O)C(CC)CC.[CH2-][n+]1c(-c2[c-]ccc3c2oc2ncccc23)cc(CC(C)C)c2c3ccccc3ccc21.[Ir]. The van der Waals surface area contributed by atoms with E-state index in [1.807, 2.05) is 56.5 Å². The van der Waals surface area contributed by atoms with Gasteiger partial charge >= 0.3 is 0 Å². The van der Waals surface area contributed by atoms with Crippen molar-refractivity contribution in [3.05, 3.63) is 103 Å². The van der Waals surface area contributed by atoms with Crippen molar-refractivity contribution >= 4 is 49.5 Å². The van der Waals surface area contributed by atoms with E-state index in [-0.39, 0.29) is 43.5 Å². The molecule has 0 aliphatic carbocycles. The van der Waals surface area contributed by atoms with Gasteiger partial charge in [0.2, 0.25) is 5.71 Å². The molecule has 0 saturated carbocycles. The molecule has 0 aliphatic heterocycles. The minimum absolute atomic E-state index is 0. The number of benzene rings is 3. The predicted octanol–water partition coefficient (Wildman–Crippen LogP) is 10.7. The Morgan fingerprint density at radius 1 is 0.938 bits per heavy atom. The van der Waals surface area contributed by atoms with E-state index in [0.29, 0.717) is 11.6 Å². The number of rotatable bonds is 10. The molecule has 1 N–H and O–H groups in total. The molecule has 3 heterocycles. The van der Waals surface area contributed by atoms with Crippen molar-refractivity contribution in [3.63, 3.8) is 0 Å². The summed E-state index contributed by atoms with van der Waals surface area (Å²) in [5, 5.41) is 15.6. The van der Waals surface area contributed by atoms with Crippen LogP contribution in [0.1, 0.15) is 72.8 Å². The number of nitrogens with zero attached hydrogens (tertiary/aromatic N) is 2. The van der Waals surface area contributed by atoms with Gasteiger partial charge in [0, 0.05) is 62.0 Å². The Balaban J connectivity index is 0.000000279. The van der Waals surface area contributed by atoms with Crippen LogP contribution in [-0.4, -0.2) is 15.9 Å². The molecular formula is C42H47IrN2O3-. The topological polar surface area (TPSA) is 67.2 Å². The standard InChI is InChI=1S/C29H23N2O.C13H24O2.Ir/c1-18(2)16-20-17-26(31(3)25-14-13-19-8-4-5-9-21(19)27(20)25)24-11-6-10-22-23-12-7-15-30-29(23)32-28(22)24;1-5-10(6-2)12(14)9-13(15)11(7-3)8-4;/h4-10,12-15,17-18H,3,16H2,1-2H3;9-11,14H,5-8H2,1-4H3;/q-1;;/b;12-9-;. The van der Waals surface area contributed by atoms with Gasteiger partial charge in [-0.2, -0.15) is 0 Å². The predicted molar refractivity (Wildman–Crippen MR) is 194 cm³/mol. The van der Waals surface area contributed by atoms with Gasteiger partial charge in [-0.3, -0.25) is 4.79 Å². The van der Waals surface area contributed by atoms with Crippen molar-refractivity contribution in [2.75, 3.05) is 0 Å². The number of ketones is 1. The summed E-state index contributed by atoms with van der Waals surface area (Å²) in [6, 6.07) is 26.6. The zero-order chi connectivity index (χ0) is 33.7. The Morgan fingerprint density at radius 2 is 1.62 bits per heavy atom. The van der Waals surface area contributed by atoms with Crippen LogP contribution < -0.4 is 4.57 Å². The second kappa shape index (κ2) is 16.4. The normalized spacial score (nSPS) is 11.9. The van der Waals surface area contributed by atoms with Crippen LogP contribution in [-0.2, 0) is 31.3 Å². The van der Waals surface area contributed by atoms with Gasteiger partial charge in [0.1, 0.15) is 11.2 Å². The Morgan fingerprint density at radius 3 is 2.31 bits per heavy atom. The summed E-state index contributed by atoms with van der Waals surface area (Å²) in [5.41, 5.74) is 5.78. The van der Waals surface area contributed by atoms with Crippen LogP contribution in [0.5, 0.6) is 0 Å². The number of fused-ring (bicyclic) bond motifs is 6. The summed E-state index contributed by atoms with van der Waals surface area (Å²) in [7, 11) is 4.45. The summed E-state index contributed by atoms with van der Waals surface area (Å²) in [5.74, 6) is 1.08. The number of hydrogen-bond acceptors (Lipinski definition) is 4. The van der Waals surface area contributed by atoms with Crippen molar-refractivity contribution in [2.24, 2.45) is 17.8 Å². The first-order valence-electron chi connectivity index (χ1n) is 17.0. The first-order valence-corrected chi connectivity index (χ1v) is 17.0.